The lowest BCUT2D eigenvalue weighted by atomic mass is 10.4. The summed E-state index contributed by atoms with van der Waals surface area (Å²) in [4.78, 5) is 17.2. The number of carbonyl (C=O) groups is 1. The Balaban J connectivity index is 2.31. The molecule has 6 nitrogen and oxygen atoms in total. The number of sulfonamides is 1. The first-order valence-electron chi connectivity index (χ1n) is 4.82. The first kappa shape index (κ1) is 12.7. The maximum Gasteiger partial charge on any atom is 0.229 e. The molecule has 0 aromatic carbocycles. The van der Waals surface area contributed by atoms with Gasteiger partial charge in [0.15, 0.2) is 0 Å². The molecular weight excluding hydrogens is 357 g/mol. The molecule has 0 aliphatic carbocycles. The molecule has 17 heavy (non-hydrogen) atoms. The minimum atomic E-state index is -3.68. The van der Waals surface area contributed by atoms with E-state index >= 15 is 0 Å². The molecule has 1 aliphatic heterocycles. The van der Waals surface area contributed by atoms with Crippen LogP contribution < -0.4 is 10.0 Å². The molecule has 1 aromatic heterocycles. The molecule has 0 spiro atoms. The number of anilines is 1. The molecule has 0 radical (unpaired) electrons. The third-order valence-electron chi connectivity index (χ3n) is 2.55. The quantitative estimate of drug-likeness (QED) is 0.750. The molecule has 1 aliphatic rings. The molecule has 0 bridgehead atoms. The largest absolute Gasteiger partial charge is 0.295 e. The van der Waals surface area contributed by atoms with Gasteiger partial charge < -0.3 is 0 Å². The highest BCUT2D eigenvalue weighted by Gasteiger charge is 2.38. The van der Waals surface area contributed by atoms with Crippen LogP contribution in [-0.2, 0) is 14.8 Å². The standard InChI is InChI=1S/C9H10IN3O3S/c10-7-2-1-3-12-9(7)13-5-6(4-8(13)14)17(11,15)16/h1-3,6H,4-5H2,(H2,11,15,16). The van der Waals surface area contributed by atoms with Crippen molar-refractivity contribution in [1.29, 1.82) is 0 Å². The summed E-state index contributed by atoms with van der Waals surface area (Å²) in [7, 11) is -3.68. The van der Waals surface area contributed by atoms with Gasteiger partial charge in [0.1, 0.15) is 11.1 Å². The summed E-state index contributed by atoms with van der Waals surface area (Å²) < 4.78 is 23.2. The van der Waals surface area contributed by atoms with Gasteiger partial charge in [0.25, 0.3) is 0 Å². The average Bonchev–Trinajstić information content (AvgIpc) is 2.61. The van der Waals surface area contributed by atoms with Gasteiger partial charge >= 0.3 is 0 Å². The highest BCUT2D eigenvalue weighted by molar-refractivity contribution is 14.1. The lowest BCUT2D eigenvalue weighted by Crippen LogP contribution is -2.32. The fraction of sp³-hybridized carbons (Fsp3) is 0.333. The number of hydrogen-bond donors (Lipinski definition) is 1. The zero-order valence-corrected chi connectivity index (χ0v) is 11.7. The third-order valence-corrected chi connectivity index (χ3v) is 4.64. The second kappa shape index (κ2) is 4.50. The average molecular weight is 367 g/mol. The lowest BCUT2D eigenvalue weighted by Gasteiger charge is -2.16. The Labute approximate surface area is 112 Å². The van der Waals surface area contributed by atoms with Crippen LogP contribution in [0.15, 0.2) is 18.3 Å². The normalized spacial score (nSPS) is 20.9. The Morgan fingerprint density at radius 1 is 1.53 bits per heavy atom. The molecular formula is C9H10IN3O3S. The molecule has 8 heteroatoms. The summed E-state index contributed by atoms with van der Waals surface area (Å²) in [6, 6.07) is 3.56. The number of hydrogen-bond acceptors (Lipinski definition) is 4. The van der Waals surface area contributed by atoms with Gasteiger partial charge in [0.05, 0.1) is 3.57 Å². The van der Waals surface area contributed by atoms with E-state index in [1.807, 2.05) is 0 Å². The monoisotopic (exact) mass is 367 g/mol. The fourth-order valence-electron chi connectivity index (χ4n) is 1.68. The molecule has 1 aromatic rings. The second-order valence-electron chi connectivity index (χ2n) is 3.73. The van der Waals surface area contributed by atoms with Crippen molar-refractivity contribution in [2.75, 3.05) is 11.4 Å². The van der Waals surface area contributed by atoms with E-state index in [4.69, 9.17) is 5.14 Å². The zero-order valence-electron chi connectivity index (χ0n) is 8.71. The van der Waals surface area contributed by atoms with Crippen molar-refractivity contribution in [2.24, 2.45) is 5.14 Å². The number of pyridine rings is 1. The summed E-state index contributed by atoms with van der Waals surface area (Å²) in [5.41, 5.74) is 0. The summed E-state index contributed by atoms with van der Waals surface area (Å²) >= 11 is 2.05. The van der Waals surface area contributed by atoms with E-state index in [2.05, 4.69) is 27.6 Å². The third kappa shape index (κ3) is 2.58. The van der Waals surface area contributed by atoms with Crippen LogP contribution in [0.4, 0.5) is 5.82 Å². The molecule has 1 amide bonds. The fourth-order valence-corrected chi connectivity index (χ4v) is 3.05. The Bertz CT molecular complexity index is 560. The summed E-state index contributed by atoms with van der Waals surface area (Å²) in [5, 5.41) is 4.21. The van der Waals surface area contributed by atoms with Crippen LogP contribution in [0.2, 0.25) is 0 Å². The number of rotatable bonds is 2. The van der Waals surface area contributed by atoms with Gasteiger partial charge in [-0.1, -0.05) is 0 Å². The van der Waals surface area contributed by atoms with Gasteiger partial charge in [-0.15, -0.1) is 0 Å². The number of aromatic nitrogens is 1. The van der Waals surface area contributed by atoms with Crippen molar-refractivity contribution in [3.8, 4) is 0 Å². The zero-order chi connectivity index (χ0) is 12.6. The number of carbonyl (C=O) groups excluding carboxylic acids is 1. The van der Waals surface area contributed by atoms with E-state index in [9.17, 15) is 13.2 Å². The van der Waals surface area contributed by atoms with Crippen molar-refractivity contribution >= 4 is 44.3 Å². The molecule has 1 saturated heterocycles. The molecule has 2 rings (SSSR count). The van der Waals surface area contributed by atoms with Crippen LogP contribution in [0, 0.1) is 3.57 Å². The number of nitrogens with zero attached hydrogens (tertiary/aromatic N) is 2. The Hall–Kier alpha value is -0.740. The van der Waals surface area contributed by atoms with Crippen molar-refractivity contribution in [3.63, 3.8) is 0 Å². The molecule has 2 N–H and O–H groups in total. The van der Waals surface area contributed by atoms with Crippen LogP contribution >= 0.6 is 22.6 Å². The van der Waals surface area contributed by atoms with E-state index in [-0.39, 0.29) is 18.9 Å². The van der Waals surface area contributed by atoms with Gasteiger partial charge in [-0.3, -0.25) is 9.69 Å². The van der Waals surface area contributed by atoms with E-state index < -0.39 is 15.3 Å². The van der Waals surface area contributed by atoms with Crippen molar-refractivity contribution in [2.45, 2.75) is 11.7 Å². The predicted octanol–water partition coefficient (Wildman–Crippen LogP) is 0.0800. The molecule has 1 fully saturated rings. The van der Waals surface area contributed by atoms with Crippen LogP contribution in [-0.4, -0.2) is 31.1 Å². The second-order valence-corrected chi connectivity index (χ2v) is 6.74. The van der Waals surface area contributed by atoms with Gasteiger partial charge in [-0.2, -0.15) is 0 Å². The van der Waals surface area contributed by atoms with E-state index in [0.717, 1.165) is 3.57 Å². The molecule has 1 atom stereocenters. The Morgan fingerprint density at radius 2 is 2.24 bits per heavy atom. The first-order valence-corrected chi connectivity index (χ1v) is 7.51. The predicted molar refractivity (Wildman–Crippen MR) is 70.8 cm³/mol. The molecule has 92 valence electrons. The van der Waals surface area contributed by atoms with E-state index in [1.54, 1.807) is 18.3 Å². The Morgan fingerprint density at radius 3 is 2.76 bits per heavy atom. The maximum absolute atomic E-state index is 11.7. The van der Waals surface area contributed by atoms with Crippen LogP contribution in [0.3, 0.4) is 0 Å². The van der Waals surface area contributed by atoms with Crippen molar-refractivity contribution in [3.05, 3.63) is 21.9 Å². The van der Waals surface area contributed by atoms with Crippen LogP contribution in [0.5, 0.6) is 0 Å². The van der Waals surface area contributed by atoms with E-state index in [1.165, 1.54) is 4.90 Å². The number of amides is 1. The van der Waals surface area contributed by atoms with Crippen LogP contribution in [0.25, 0.3) is 0 Å². The molecule has 2 heterocycles. The van der Waals surface area contributed by atoms with E-state index in [0.29, 0.717) is 5.82 Å². The molecule has 0 saturated carbocycles. The summed E-state index contributed by atoms with van der Waals surface area (Å²) in [5.74, 6) is 0.227. The summed E-state index contributed by atoms with van der Waals surface area (Å²) in [6.07, 6.45) is 1.49. The highest BCUT2D eigenvalue weighted by atomic mass is 127. The summed E-state index contributed by atoms with van der Waals surface area (Å²) in [6.45, 7) is 0.0741. The minimum absolute atomic E-state index is 0.0741. The first-order chi connectivity index (χ1) is 7.89. The topological polar surface area (TPSA) is 93.4 Å². The SMILES string of the molecule is NS(=O)(=O)C1CC(=O)N(c2ncccc2I)C1. The highest BCUT2D eigenvalue weighted by Crippen LogP contribution is 2.26. The van der Waals surface area contributed by atoms with Crippen LogP contribution in [0.1, 0.15) is 6.42 Å². The van der Waals surface area contributed by atoms with Gasteiger partial charge in [0, 0.05) is 19.2 Å². The van der Waals surface area contributed by atoms with Gasteiger partial charge in [-0.05, 0) is 34.7 Å². The molecule has 1 unspecified atom stereocenters. The van der Waals surface area contributed by atoms with Crippen molar-refractivity contribution in [1.82, 2.24) is 4.98 Å². The maximum atomic E-state index is 11.7. The minimum Gasteiger partial charge on any atom is -0.295 e. The smallest absolute Gasteiger partial charge is 0.229 e. The number of halogens is 1. The Kier molecular flexibility index (Phi) is 3.36. The lowest BCUT2D eigenvalue weighted by molar-refractivity contribution is -0.117. The number of nitrogens with two attached hydrogens (primary N) is 1. The van der Waals surface area contributed by atoms with Gasteiger partial charge in [0.2, 0.25) is 15.9 Å². The number of primary sulfonamides is 1. The van der Waals surface area contributed by atoms with Crippen molar-refractivity contribution < 1.29 is 13.2 Å². The van der Waals surface area contributed by atoms with Gasteiger partial charge in [-0.25, -0.2) is 18.5 Å².